The molecule has 1 aromatic carbocycles. The van der Waals surface area contributed by atoms with Crippen molar-refractivity contribution in [1.82, 2.24) is 0 Å². The van der Waals surface area contributed by atoms with Gasteiger partial charge in [0, 0.05) is 6.42 Å². The van der Waals surface area contributed by atoms with Crippen molar-refractivity contribution in [3.8, 4) is 5.75 Å². The molecule has 0 spiro atoms. The largest absolute Gasteiger partial charge is 0.493 e. The van der Waals surface area contributed by atoms with Crippen LogP contribution in [0.2, 0.25) is 0 Å². The number of hydrogen-bond acceptors (Lipinski definition) is 2. The van der Waals surface area contributed by atoms with Gasteiger partial charge in [0.1, 0.15) is 5.75 Å². The highest BCUT2D eigenvalue weighted by molar-refractivity contribution is 5.44. The van der Waals surface area contributed by atoms with E-state index in [2.05, 4.69) is 19.1 Å². The lowest BCUT2D eigenvalue weighted by Crippen LogP contribution is -2.04. The molecule has 0 atom stereocenters. The van der Waals surface area contributed by atoms with Crippen LogP contribution in [0.15, 0.2) is 12.1 Å². The molecule has 70 valence electrons. The minimum atomic E-state index is 0.723. The number of ether oxygens (including phenoxy) is 1. The van der Waals surface area contributed by atoms with E-state index in [4.69, 9.17) is 10.5 Å². The van der Waals surface area contributed by atoms with Crippen molar-refractivity contribution in [2.75, 3.05) is 13.2 Å². The molecule has 2 heteroatoms. The Labute approximate surface area is 78.7 Å². The molecule has 13 heavy (non-hydrogen) atoms. The normalized spacial score (nSPS) is 14.0. The zero-order valence-corrected chi connectivity index (χ0v) is 7.97. The van der Waals surface area contributed by atoms with Crippen LogP contribution < -0.4 is 10.5 Å². The van der Waals surface area contributed by atoms with Gasteiger partial charge in [-0.25, -0.2) is 0 Å². The van der Waals surface area contributed by atoms with E-state index in [1.165, 1.54) is 16.7 Å². The Balaban J connectivity index is 2.37. The molecule has 0 saturated heterocycles. The minimum Gasteiger partial charge on any atom is -0.493 e. The summed E-state index contributed by atoms with van der Waals surface area (Å²) in [4.78, 5) is 0. The lowest BCUT2D eigenvalue weighted by molar-refractivity contribution is 0.356. The summed E-state index contributed by atoms with van der Waals surface area (Å²) in [5.41, 5.74) is 9.55. The van der Waals surface area contributed by atoms with Gasteiger partial charge in [0.2, 0.25) is 0 Å². The summed E-state index contributed by atoms with van der Waals surface area (Å²) in [6.07, 6.45) is 2.02. The van der Waals surface area contributed by atoms with Gasteiger partial charge in [-0.2, -0.15) is 0 Å². The summed E-state index contributed by atoms with van der Waals surface area (Å²) in [6.45, 7) is 3.67. The molecule has 2 rings (SSSR count). The molecule has 1 aliphatic rings. The zero-order valence-electron chi connectivity index (χ0n) is 7.97. The number of hydrogen-bond donors (Lipinski definition) is 1. The molecule has 0 radical (unpaired) electrons. The molecule has 1 aromatic rings. The number of aryl methyl sites for hydroxylation is 1. The van der Waals surface area contributed by atoms with Crippen molar-refractivity contribution in [2.24, 2.45) is 5.73 Å². The predicted molar refractivity (Wildman–Crippen MR) is 53.1 cm³/mol. The fourth-order valence-electron chi connectivity index (χ4n) is 1.80. The van der Waals surface area contributed by atoms with Crippen LogP contribution in [0, 0.1) is 6.92 Å². The Kier molecular flexibility index (Phi) is 2.23. The molecule has 0 aromatic heterocycles. The molecule has 2 nitrogen and oxygen atoms in total. The molecule has 0 amide bonds. The first-order valence-corrected chi connectivity index (χ1v) is 4.76. The van der Waals surface area contributed by atoms with E-state index in [-0.39, 0.29) is 0 Å². The summed E-state index contributed by atoms with van der Waals surface area (Å²) in [6, 6.07) is 4.37. The van der Waals surface area contributed by atoms with Crippen LogP contribution in [0.25, 0.3) is 0 Å². The molecule has 0 unspecified atom stereocenters. The Bertz CT molecular complexity index is 320. The smallest absolute Gasteiger partial charge is 0.122 e. The first-order chi connectivity index (χ1) is 6.31. The SMILES string of the molecule is Cc1cc2c(cc1CCN)CCO2. The molecule has 2 N–H and O–H groups in total. The summed E-state index contributed by atoms with van der Waals surface area (Å²) in [5, 5.41) is 0. The van der Waals surface area contributed by atoms with Crippen molar-refractivity contribution < 1.29 is 4.74 Å². The molecule has 0 fully saturated rings. The van der Waals surface area contributed by atoms with Gasteiger partial charge in [-0.05, 0) is 42.6 Å². The Morgan fingerprint density at radius 1 is 1.46 bits per heavy atom. The first kappa shape index (κ1) is 8.57. The average molecular weight is 177 g/mol. The van der Waals surface area contributed by atoms with Gasteiger partial charge in [-0.15, -0.1) is 0 Å². The van der Waals surface area contributed by atoms with E-state index >= 15 is 0 Å². The quantitative estimate of drug-likeness (QED) is 0.741. The zero-order chi connectivity index (χ0) is 9.26. The van der Waals surface area contributed by atoms with E-state index < -0.39 is 0 Å². The maximum atomic E-state index is 5.54. The topological polar surface area (TPSA) is 35.2 Å². The molecule has 1 aliphatic heterocycles. The summed E-state index contributed by atoms with van der Waals surface area (Å²) in [5.74, 6) is 1.07. The molecule has 0 saturated carbocycles. The number of nitrogens with two attached hydrogens (primary N) is 1. The summed E-state index contributed by atoms with van der Waals surface area (Å²) in [7, 11) is 0. The lowest BCUT2D eigenvalue weighted by Gasteiger charge is -2.07. The highest BCUT2D eigenvalue weighted by atomic mass is 16.5. The van der Waals surface area contributed by atoms with Crippen molar-refractivity contribution >= 4 is 0 Å². The van der Waals surface area contributed by atoms with Crippen LogP contribution in [-0.4, -0.2) is 13.2 Å². The average Bonchev–Trinajstić information content (AvgIpc) is 2.52. The first-order valence-electron chi connectivity index (χ1n) is 4.76. The van der Waals surface area contributed by atoms with E-state index in [1.54, 1.807) is 0 Å². The molecule has 0 bridgehead atoms. The lowest BCUT2D eigenvalue weighted by atomic mass is 10.0. The Morgan fingerprint density at radius 3 is 3.08 bits per heavy atom. The van der Waals surface area contributed by atoms with Crippen molar-refractivity contribution in [3.63, 3.8) is 0 Å². The van der Waals surface area contributed by atoms with E-state index in [0.717, 1.165) is 31.7 Å². The monoisotopic (exact) mass is 177 g/mol. The Hall–Kier alpha value is -1.02. The number of benzene rings is 1. The second-order valence-electron chi connectivity index (χ2n) is 3.52. The molecule has 1 heterocycles. The van der Waals surface area contributed by atoms with Crippen LogP contribution in [0.3, 0.4) is 0 Å². The fraction of sp³-hybridized carbons (Fsp3) is 0.455. The molecule has 0 aliphatic carbocycles. The third kappa shape index (κ3) is 1.54. The van der Waals surface area contributed by atoms with E-state index in [0.29, 0.717) is 0 Å². The maximum Gasteiger partial charge on any atom is 0.122 e. The fourth-order valence-corrected chi connectivity index (χ4v) is 1.80. The van der Waals surface area contributed by atoms with Gasteiger partial charge < -0.3 is 10.5 Å². The van der Waals surface area contributed by atoms with Gasteiger partial charge in [0.05, 0.1) is 6.61 Å². The van der Waals surface area contributed by atoms with Crippen LogP contribution in [-0.2, 0) is 12.8 Å². The van der Waals surface area contributed by atoms with Crippen molar-refractivity contribution in [1.29, 1.82) is 0 Å². The number of rotatable bonds is 2. The molecular formula is C11H15NO. The number of fused-ring (bicyclic) bond motifs is 1. The van der Waals surface area contributed by atoms with Crippen LogP contribution in [0.5, 0.6) is 5.75 Å². The van der Waals surface area contributed by atoms with Gasteiger partial charge in [0.25, 0.3) is 0 Å². The highest BCUT2D eigenvalue weighted by Gasteiger charge is 2.13. The minimum absolute atomic E-state index is 0.723. The van der Waals surface area contributed by atoms with Crippen LogP contribution in [0.4, 0.5) is 0 Å². The Morgan fingerprint density at radius 2 is 2.31 bits per heavy atom. The van der Waals surface area contributed by atoms with E-state index in [1.807, 2.05) is 0 Å². The van der Waals surface area contributed by atoms with Gasteiger partial charge in [-0.3, -0.25) is 0 Å². The summed E-state index contributed by atoms with van der Waals surface area (Å²) >= 11 is 0. The summed E-state index contributed by atoms with van der Waals surface area (Å²) < 4.78 is 5.48. The highest BCUT2D eigenvalue weighted by Crippen LogP contribution is 2.28. The van der Waals surface area contributed by atoms with E-state index in [9.17, 15) is 0 Å². The molecular weight excluding hydrogens is 162 g/mol. The third-order valence-corrected chi connectivity index (χ3v) is 2.56. The maximum absolute atomic E-state index is 5.54. The van der Waals surface area contributed by atoms with Gasteiger partial charge >= 0.3 is 0 Å². The van der Waals surface area contributed by atoms with Crippen LogP contribution >= 0.6 is 0 Å². The van der Waals surface area contributed by atoms with Gasteiger partial charge in [0.15, 0.2) is 0 Å². The van der Waals surface area contributed by atoms with Crippen molar-refractivity contribution in [3.05, 3.63) is 28.8 Å². The second-order valence-corrected chi connectivity index (χ2v) is 3.52. The van der Waals surface area contributed by atoms with Crippen LogP contribution in [0.1, 0.15) is 16.7 Å². The third-order valence-electron chi connectivity index (χ3n) is 2.56. The predicted octanol–water partition coefficient (Wildman–Crippen LogP) is 1.43. The van der Waals surface area contributed by atoms with Gasteiger partial charge in [-0.1, -0.05) is 6.07 Å². The standard InChI is InChI=1S/C11H15NO/c1-8-6-11-10(3-5-13-11)7-9(8)2-4-12/h6-7H,2-5,12H2,1H3. The van der Waals surface area contributed by atoms with Crippen molar-refractivity contribution in [2.45, 2.75) is 19.8 Å². The second kappa shape index (κ2) is 3.38.